The summed E-state index contributed by atoms with van der Waals surface area (Å²) in [5, 5.41) is 2.65. The normalized spacial score (nSPS) is 9.84. The number of carbonyl (C=O) groups excluding carboxylic acids is 2. The van der Waals surface area contributed by atoms with Crippen LogP contribution in [0.2, 0.25) is 0 Å². The first kappa shape index (κ1) is 14.8. The SMILES string of the molecule is COc1ccc(N)c(C(=O)NCCC(=O)N(C)C)c1. The lowest BCUT2D eigenvalue weighted by Crippen LogP contribution is -2.30. The van der Waals surface area contributed by atoms with Gasteiger partial charge < -0.3 is 20.7 Å². The van der Waals surface area contributed by atoms with Crippen LogP contribution in [0.15, 0.2) is 18.2 Å². The van der Waals surface area contributed by atoms with Crippen LogP contribution in [-0.4, -0.2) is 44.5 Å². The summed E-state index contributed by atoms with van der Waals surface area (Å²) >= 11 is 0. The fourth-order valence-electron chi connectivity index (χ4n) is 1.46. The van der Waals surface area contributed by atoms with E-state index in [1.54, 1.807) is 32.3 Å². The molecule has 0 saturated heterocycles. The Morgan fingerprint density at radius 2 is 2.05 bits per heavy atom. The van der Waals surface area contributed by atoms with E-state index in [4.69, 9.17) is 10.5 Å². The molecule has 0 radical (unpaired) electrons. The lowest BCUT2D eigenvalue weighted by molar-refractivity contribution is -0.128. The second-order valence-corrected chi connectivity index (χ2v) is 4.25. The Bertz CT molecular complexity index is 472. The Kier molecular flexibility index (Phi) is 5.17. The zero-order valence-electron chi connectivity index (χ0n) is 11.4. The lowest BCUT2D eigenvalue weighted by Gasteiger charge is -2.11. The fraction of sp³-hybridized carbons (Fsp3) is 0.385. The van der Waals surface area contributed by atoms with Gasteiger partial charge in [-0.05, 0) is 18.2 Å². The van der Waals surface area contributed by atoms with Gasteiger partial charge in [0.15, 0.2) is 0 Å². The van der Waals surface area contributed by atoms with Gasteiger partial charge in [0.1, 0.15) is 5.75 Å². The van der Waals surface area contributed by atoms with Crippen LogP contribution in [0.25, 0.3) is 0 Å². The molecule has 0 aliphatic rings. The summed E-state index contributed by atoms with van der Waals surface area (Å²) < 4.78 is 5.04. The maximum absolute atomic E-state index is 11.9. The highest BCUT2D eigenvalue weighted by atomic mass is 16.5. The highest BCUT2D eigenvalue weighted by molar-refractivity contribution is 5.99. The number of ether oxygens (including phenoxy) is 1. The number of methoxy groups -OCH3 is 1. The van der Waals surface area contributed by atoms with Crippen LogP contribution in [0.1, 0.15) is 16.8 Å². The summed E-state index contributed by atoms with van der Waals surface area (Å²) in [5.41, 5.74) is 6.45. The number of nitrogens with two attached hydrogens (primary N) is 1. The van der Waals surface area contributed by atoms with Crippen molar-refractivity contribution in [1.82, 2.24) is 10.2 Å². The third kappa shape index (κ3) is 4.17. The molecule has 0 spiro atoms. The molecule has 1 aromatic rings. The molecular formula is C13H19N3O3. The number of benzene rings is 1. The van der Waals surface area contributed by atoms with Gasteiger partial charge in [0.05, 0.1) is 12.7 Å². The first-order chi connectivity index (χ1) is 8.95. The Morgan fingerprint density at radius 1 is 1.37 bits per heavy atom. The number of hydrogen-bond donors (Lipinski definition) is 2. The van der Waals surface area contributed by atoms with E-state index in [0.717, 1.165) is 0 Å². The van der Waals surface area contributed by atoms with Crippen molar-refractivity contribution < 1.29 is 14.3 Å². The average molecular weight is 265 g/mol. The number of carbonyl (C=O) groups is 2. The minimum absolute atomic E-state index is 0.0427. The van der Waals surface area contributed by atoms with Crippen molar-refractivity contribution in [3.63, 3.8) is 0 Å². The van der Waals surface area contributed by atoms with Crippen molar-refractivity contribution in [3.8, 4) is 5.75 Å². The number of amides is 2. The van der Waals surface area contributed by atoms with Gasteiger partial charge in [-0.25, -0.2) is 0 Å². The van der Waals surface area contributed by atoms with Gasteiger partial charge in [-0.3, -0.25) is 9.59 Å². The smallest absolute Gasteiger partial charge is 0.253 e. The van der Waals surface area contributed by atoms with Gasteiger partial charge in [0.2, 0.25) is 5.91 Å². The molecule has 1 rings (SSSR count). The monoisotopic (exact) mass is 265 g/mol. The maximum Gasteiger partial charge on any atom is 0.253 e. The third-order valence-electron chi connectivity index (χ3n) is 2.63. The van der Waals surface area contributed by atoms with Gasteiger partial charge in [-0.1, -0.05) is 0 Å². The predicted octanol–water partition coefficient (Wildman–Crippen LogP) is 0.485. The Balaban J connectivity index is 2.61. The summed E-state index contributed by atoms with van der Waals surface area (Å²) in [6.07, 6.45) is 0.253. The van der Waals surface area contributed by atoms with Crippen LogP contribution >= 0.6 is 0 Å². The molecule has 0 heterocycles. The van der Waals surface area contributed by atoms with Gasteiger partial charge >= 0.3 is 0 Å². The summed E-state index contributed by atoms with van der Waals surface area (Å²) in [4.78, 5) is 24.7. The van der Waals surface area contributed by atoms with Gasteiger partial charge in [-0.2, -0.15) is 0 Å². The Morgan fingerprint density at radius 3 is 2.63 bits per heavy atom. The zero-order valence-corrected chi connectivity index (χ0v) is 11.4. The standard InChI is InChI=1S/C13H19N3O3/c1-16(2)12(17)6-7-15-13(18)10-8-9(19-3)4-5-11(10)14/h4-5,8H,6-7,14H2,1-3H3,(H,15,18). The van der Waals surface area contributed by atoms with E-state index in [1.165, 1.54) is 12.0 Å². The van der Waals surface area contributed by atoms with Crippen LogP contribution in [0.5, 0.6) is 5.75 Å². The van der Waals surface area contributed by atoms with Crippen molar-refractivity contribution in [2.75, 3.05) is 33.5 Å². The minimum atomic E-state index is -0.317. The molecule has 6 heteroatoms. The first-order valence-corrected chi connectivity index (χ1v) is 5.87. The van der Waals surface area contributed by atoms with Gasteiger partial charge in [-0.15, -0.1) is 0 Å². The zero-order chi connectivity index (χ0) is 14.4. The molecule has 0 aromatic heterocycles. The maximum atomic E-state index is 11.9. The molecule has 0 aliphatic carbocycles. The average Bonchev–Trinajstić information content (AvgIpc) is 2.38. The summed E-state index contributed by atoms with van der Waals surface area (Å²) in [6, 6.07) is 4.86. The van der Waals surface area contributed by atoms with Crippen LogP contribution in [0.3, 0.4) is 0 Å². The van der Waals surface area contributed by atoms with Crippen molar-refractivity contribution in [2.45, 2.75) is 6.42 Å². The molecule has 19 heavy (non-hydrogen) atoms. The summed E-state index contributed by atoms with van der Waals surface area (Å²) in [6.45, 7) is 0.270. The molecule has 0 fully saturated rings. The van der Waals surface area contributed by atoms with E-state index in [0.29, 0.717) is 17.0 Å². The van der Waals surface area contributed by atoms with E-state index in [9.17, 15) is 9.59 Å². The molecule has 0 atom stereocenters. The number of nitrogens with one attached hydrogen (secondary N) is 1. The van der Waals surface area contributed by atoms with E-state index in [-0.39, 0.29) is 24.8 Å². The third-order valence-corrected chi connectivity index (χ3v) is 2.63. The van der Waals surface area contributed by atoms with Gasteiger partial charge in [0.25, 0.3) is 5.91 Å². The quantitative estimate of drug-likeness (QED) is 0.759. The van der Waals surface area contributed by atoms with Crippen LogP contribution < -0.4 is 15.8 Å². The van der Waals surface area contributed by atoms with Crippen molar-refractivity contribution >= 4 is 17.5 Å². The molecule has 0 bridgehead atoms. The highest BCUT2D eigenvalue weighted by Crippen LogP contribution is 2.19. The minimum Gasteiger partial charge on any atom is -0.497 e. The largest absolute Gasteiger partial charge is 0.497 e. The topological polar surface area (TPSA) is 84.7 Å². The molecule has 3 N–H and O–H groups in total. The molecule has 0 saturated carbocycles. The van der Waals surface area contributed by atoms with Crippen LogP contribution in [0.4, 0.5) is 5.69 Å². The van der Waals surface area contributed by atoms with Crippen molar-refractivity contribution in [2.24, 2.45) is 0 Å². The lowest BCUT2D eigenvalue weighted by atomic mass is 10.1. The first-order valence-electron chi connectivity index (χ1n) is 5.87. The fourth-order valence-corrected chi connectivity index (χ4v) is 1.46. The molecule has 0 aliphatic heterocycles. The van der Waals surface area contributed by atoms with E-state index < -0.39 is 0 Å². The van der Waals surface area contributed by atoms with E-state index in [2.05, 4.69) is 5.32 Å². The van der Waals surface area contributed by atoms with Crippen LogP contribution in [0, 0.1) is 0 Å². The Hall–Kier alpha value is -2.24. The summed E-state index contributed by atoms with van der Waals surface area (Å²) in [7, 11) is 4.86. The molecule has 2 amide bonds. The van der Waals surface area contributed by atoms with Crippen molar-refractivity contribution in [3.05, 3.63) is 23.8 Å². The second kappa shape index (κ2) is 6.63. The van der Waals surface area contributed by atoms with E-state index >= 15 is 0 Å². The van der Waals surface area contributed by atoms with Crippen LogP contribution in [-0.2, 0) is 4.79 Å². The summed E-state index contributed by atoms with van der Waals surface area (Å²) in [5.74, 6) is 0.200. The number of nitrogens with zero attached hydrogens (tertiary/aromatic N) is 1. The van der Waals surface area contributed by atoms with Gasteiger partial charge in [0, 0.05) is 32.7 Å². The predicted molar refractivity (Wildman–Crippen MR) is 73.1 cm³/mol. The highest BCUT2D eigenvalue weighted by Gasteiger charge is 2.11. The van der Waals surface area contributed by atoms with E-state index in [1.807, 2.05) is 0 Å². The Labute approximate surface area is 112 Å². The number of nitrogen functional groups attached to an aromatic ring is 1. The molecular weight excluding hydrogens is 246 g/mol. The van der Waals surface area contributed by atoms with Crippen molar-refractivity contribution in [1.29, 1.82) is 0 Å². The number of hydrogen-bond acceptors (Lipinski definition) is 4. The second-order valence-electron chi connectivity index (χ2n) is 4.25. The number of rotatable bonds is 5. The molecule has 104 valence electrons. The molecule has 0 unspecified atom stereocenters. The molecule has 6 nitrogen and oxygen atoms in total. The molecule has 1 aromatic carbocycles. The number of anilines is 1.